The van der Waals surface area contributed by atoms with E-state index in [-0.39, 0.29) is 18.8 Å². The quantitative estimate of drug-likeness (QED) is 0.486. The van der Waals surface area contributed by atoms with Crippen molar-refractivity contribution in [3.63, 3.8) is 0 Å². The number of aliphatic hydroxyl groups is 1. The van der Waals surface area contributed by atoms with E-state index in [4.69, 9.17) is 19.7 Å². The van der Waals surface area contributed by atoms with E-state index in [0.29, 0.717) is 24.3 Å². The van der Waals surface area contributed by atoms with Crippen LogP contribution in [0.25, 0.3) is 20.8 Å². The Labute approximate surface area is 192 Å². The summed E-state index contributed by atoms with van der Waals surface area (Å²) < 4.78 is 6.90. The molecule has 7 nitrogen and oxygen atoms in total. The molecule has 2 fully saturated rings. The molecule has 0 radical (unpaired) electrons. The van der Waals surface area contributed by atoms with Crippen molar-refractivity contribution < 1.29 is 9.84 Å². The number of aryl methyl sites for hydroxylation is 1. The van der Waals surface area contributed by atoms with E-state index < -0.39 is 0 Å². The fraction of sp³-hybridized carbons (Fsp3) is 0.542. The van der Waals surface area contributed by atoms with Crippen LogP contribution in [0.2, 0.25) is 0 Å². The number of benzene rings is 1. The zero-order valence-corrected chi connectivity index (χ0v) is 19.5. The Balaban J connectivity index is 1.47. The first-order valence-corrected chi connectivity index (χ1v) is 12.4. The number of nitrogens with one attached hydrogen (secondary N) is 2. The number of para-hydroxylation sites is 1. The molecule has 3 aromatic rings. The number of hydrogen-bond acceptors (Lipinski definition) is 8. The molecule has 5 rings (SSSR count). The average molecular weight is 454 g/mol. The van der Waals surface area contributed by atoms with Crippen LogP contribution in [-0.2, 0) is 4.74 Å². The topological polar surface area (TPSA) is 92.2 Å². The highest BCUT2D eigenvalue weighted by Crippen LogP contribution is 2.39. The second kappa shape index (κ2) is 9.29. The third-order valence-electron chi connectivity index (χ3n) is 6.73. The highest BCUT2D eigenvalue weighted by Gasteiger charge is 2.32. The van der Waals surface area contributed by atoms with Gasteiger partial charge in [0.05, 0.1) is 27.6 Å². The lowest BCUT2D eigenvalue weighted by molar-refractivity contribution is 0.120. The van der Waals surface area contributed by atoms with Gasteiger partial charge in [-0.25, -0.2) is 9.97 Å². The van der Waals surface area contributed by atoms with E-state index in [0.717, 1.165) is 64.6 Å². The third-order valence-corrected chi connectivity index (χ3v) is 7.79. The summed E-state index contributed by atoms with van der Waals surface area (Å²) in [6.07, 6.45) is 4.37. The maximum Gasteiger partial charge on any atom is 0.224 e. The lowest BCUT2D eigenvalue weighted by atomic mass is 10.00. The fourth-order valence-electron chi connectivity index (χ4n) is 4.90. The van der Waals surface area contributed by atoms with Crippen LogP contribution in [-0.4, -0.2) is 52.0 Å². The Morgan fingerprint density at radius 2 is 2.06 bits per heavy atom. The number of anilines is 2. The van der Waals surface area contributed by atoms with E-state index in [1.165, 1.54) is 0 Å². The molecule has 2 aliphatic rings. The standard InChI is InChI=1S/C24H31N5O2S/c1-14-10-17(11-16(14)13-30)27-22-21(23-28-19-7-3-4-8-20(19)32-23)15(2)26-24(29-22)25-12-18-6-5-9-31-18/h3-4,7-8,14,16-18,30H,5-6,9-13H2,1-2H3,(H2,25,26,27,29)/t14-,16+,17-,18?/m0/s1. The van der Waals surface area contributed by atoms with E-state index in [9.17, 15) is 5.11 Å². The molecule has 4 atom stereocenters. The minimum Gasteiger partial charge on any atom is -0.396 e. The Kier molecular flexibility index (Phi) is 6.26. The molecule has 1 unspecified atom stereocenters. The van der Waals surface area contributed by atoms with Gasteiger partial charge >= 0.3 is 0 Å². The predicted octanol–water partition coefficient (Wildman–Crippen LogP) is 4.47. The van der Waals surface area contributed by atoms with Crippen LogP contribution in [0.1, 0.15) is 38.3 Å². The summed E-state index contributed by atoms with van der Waals surface area (Å²) in [4.78, 5) is 14.5. The molecule has 0 amide bonds. The molecule has 32 heavy (non-hydrogen) atoms. The van der Waals surface area contributed by atoms with Crippen LogP contribution in [0.5, 0.6) is 0 Å². The van der Waals surface area contributed by atoms with Gasteiger partial charge in [-0.1, -0.05) is 19.1 Å². The highest BCUT2D eigenvalue weighted by molar-refractivity contribution is 7.21. The third kappa shape index (κ3) is 4.44. The molecule has 1 saturated carbocycles. The van der Waals surface area contributed by atoms with Crippen molar-refractivity contribution in [1.29, 1.82) is 0 Å². The average Bonchev–Trinajstić information content (AvgIpc) is 3.51. The molecular formula is C24H31N5O2S. The first kappa shape index (κ1) is 21.6. The van der Waals surface area contributed by atoms with Crippen molar-refractivity contribution in [3.05, 3.63) is 30.0 Å². The van der Waals surface area contributed by atoms with Crippen LogP contribution in [0.15, 0.2) is 24.3 Å². The molecule has 8 heteroatoms. The van der Waals surface area contributed by atoms with E-state index in [1.54, 1.807) is 11.3 Å². The first-order chi connectivity index (χ1) is 15.6. The Hall–Kier alpha value is -2.29. The summed E-state index contributed by atoms with van der Waals surface area (Å²) in [6.45, 7) is 6.03. The van der Waals surface area contributed by atoms with Crippen LogP contribution < -0.4 is 10.6 Å². The second-order valence-corrected chi connectivity index (χ2v) is 10.1. The molecule has 1 aromatic carbocycles. The Morgan fingerprint density at radius 1 is 1.19 bits per heavy atom. The van der Waals surface area contributed by atoms with Crippen molar-refractivity contribution in [2.45, 2.75) is 51.7 Å². The first-order valence-electron chi connectivity index (χ1n) is 11.6. The number of rotatable bonds is 7. The maximum absolute atomic E-state index is 9.71. The summed E-state index contributed by atoms with van der Waals surface area (Å²) in [5.74, 6) is 2.26. The predicted molar refractivity (Wildman–Crippen MR) is 129 cm³/mol. The molecule has 1 saturated heterocycles. The van der Waals surface area contributed by atoms with Crippen LogP contribution in [0, 0.1) is 18.8 Å². The zero-order valence-electron chi connectivity index (χ0n) is 18.7. The molecule has 0 spiro atoms. The smallest absolute Gasteiger partial charge is 0.224 e. The molecule has 1 aliphatic carbocycles. The van der Waals surface area contributed by atoms with Crippen LogP contribution >= 0.6 is 11.3 Å². The van der Waals surface area contributed by atoms with Gasteiger partial charge in [0.2, 0.25) is 5.95 Å². The SMILES string of the molecule is Cc1nc(NCC2CCCO2)nc(N[C@@H]2C[C@H](CO)[C@@H](C)C2)c1-c1nc2ccccc2s1. The second-order valence-electron chi connectivity index (χ2n) is 9.09. The number of hydrogen-bond donors (Lipinski definition) is 3. The van der Waals surface area contributed by atoms with Gasteiger partial charge in [0, 0.05) is 25.8 Å². The van der Waals surface area contributed by atoms with Crippen LogP contribution in [0.4, 0.5) is 11.8 Å². The summed E-state index contributed by atoms with van der Waals surface area (Å²) in [5, 5.41) is 17.7. The molecule has 2 aromatic heterocycles. The number of aromatic nitrogens is 3. The summed E-state index contributed by atoms with van der Waals surface area (Å²) in [7, 11) is 0. The Bertz CT molecular complexity index is 1050. The minimum atomic E-state index is 0.222. The number of aliphatic hydroxyl groups excluding tert-OH is 1. The van der Waals surface area contributed by atoms with E-state index in [2.05, 4.69) is 23.6 Å². The van der Waals surface area contributed by atoms with Gasteiger partial charge in [-0.3, -0.25) is 0 Å². The molecule has 3 N–H and O–H groups in total. The summed E-state index contributed by atoms with van der Waals surface area (Å²) in [6, 6.07) is 8.47. The van der Waals surface area contributed by atoms with Gasteiger partial charge in [-0.2, -0.15) is 4.98 Å². The Morgan fingerprint density at radius 3 is 2.81 bits per heavy atom. The maximum atomic E-state index is 9.71. The van der Waals surface area contributed by atoms with Crippen molar-refractivity contribution >= 4 is 33.3 Å². The van der Waals surface area contributed by atoms with E-state index >= 15 is 0 Å². The van der Waals surface area contributed by atoms with Gasteiger partial charge < -0.3 is 20.5 Å². The molecule has 3 heterocycles. The van der Waals surface area contributed by atoms with Gasteiger partial charge in [0.1, 0.15) is 10.8 Å². The number of thiazole rings is 1. The van der Waals surface area contributed by atoms with Crippen molar-refractivity contribution in [1.82, 2.24) is 15.0 Å². The molecule has 1 aliphatic heterocycles. The van der Waals surface area contributed by atoms with Gasteiger partial charge in [-0.05, 0) is 56.6 Å². The summed E-state index contributed by atoms with van der Waals surface area (Å²) >= 11 is 1.67. The number of ether oxygens (including phenoxy) is 1. The highest BCUT2D eigenvalue weighted by atomic mass is 32.1. The lowest BCUT2D eigenvalue weighted by Gasteiger charge is -2.19. The van der Waals surface area contributed by atoms with Gasteiger partial charge in [0.15, 0.2) is 0 Å². The van der Waals surface area contributed by atoms with Crippen molar-refractivity contribution in [3.8, 4) is 10.6 Å². The monoisotopic (exact) mass is 453 g/mol. The van der Waals surface area contributed by atoms with Gasteiger partial charge in [0.25, 0.3) is 0 Å². The molecule has 170 valence electrons. The van der Waals surface area contributed by atoms with Crippen LogP contribution in [0.3, 0.4) is 0 Å². The van der Waals surface area contributed by atoms with Crippen molar-refractivity contribution in [2.75, 3.05) is 30.4 Å². The van der Waals surface area contributed by atoms with Crippen molar-refractivity contribution in [2.24, 2.45) is 11.8 Å². The lowest BCUT2D eigenvalue weighted by Crippen LogP contribution is -2.22. The number of nitrogens with zero attached hydrogens (tertiary/aromatic N) is 3. The number of fused-ring (bicyclic) bond motifs is 1. The zero-order chi connectivity index (χ0) is 22.1. The summed E-state index contributed by atoms with van der Waals surface area (Å²) in [5.41, 5.74) is 2.86. The minimum absolute atomic E-state index is 0.222. The van der Waals surface area contributed by atoms with E-state index in [1.807, 2.05) is 25.1 Å². The molecule has 0 bridgehead atoms. The largest absolute Gasteiger partial charge is 0.396 e. The van der Waals surface area contributed by atoms with Gasteiger partial charge in [-0.15, -0.1) is 11.3 Å². The normalized spacial score (nSPS) is 25.5. The fourth-order valence-corrected chi connectivity index (χ4v) is 5.97. The molecular weight excluding hydrogens is 422 g/mol.